The Morgan fingerprint density at radius 3 is 2.92 bits per heavy atom. The molecule has 1 aliphatic carbocycles. The molecule has 1 N–H and O–H groups in total. The Kier molecular flexibility index (Phi) is 5.79. The third kappa shape index (κ3) is 4.43. The van der Waals surface area contributed by atoms with E-state index >= 15 is 0 Å². The van der Waals surface area contributed by atoms with E-state index in [1.54, 1.807) is 11.0 Å². The van der Waals surface area contributed by atoms with E-state index in [2.05, 4.69) is 11.4 Å². The highest BCUT2D eigenvalue weighted by Crippen LogP contribution is 2.29. The van der Waals surface area contributed by atoms with Crippen molar-refractivity contribution in [2.75, 3.05) is 18.0 Å². The molecule has 0 spiro atoms. The monoisotopic (exact) mass is 360 g/mol. The maximum absolute atomic E-state index is 12.4. The maximum atomic E-state index is 12.4. The normalized spacial score (nSPS) is 20.6. The summed E-state index contributed by atoms with van der Waals surface area (Å²) in [5, 5.41) is 3.64. The van der Waals surface area contributed by atoms with Crippen LogP contribution in [0.5, 0.6) is 0 Å². The number of aryl methyl sites for hydroxylation is 1. The Balaban J connectivity index is 1.53. The Labute approximate surface area is 154 Å². The summed E-state index contributed by atoms with van der Waals surface area (Å²) in [6.45, 7) is 3.01. The highest BCUT2D eigenvalue weighted by atomic mass is 35.5. The number of amides is 2. The van der Waals surface area contributed by atoms with Crippen molar-refractivity contribution in [2.24, 2.45) is 5.92 Å². The lowest BCUT2D eigenvalue weighted by atomic mass is 9.97. The smallest absolute Gasteiger partial charge is 0.227 e. The van der Waals surface area contributed by atoms with E-state index in [9.17, 15) is 9.59 Å². The summed E-state index contributed by atoms with van der Waals surface area (Å²) in [7, 11) is 0. The average Bonchev–Trinajstić information content (AvgIpc) is 3.00. The number of allylic oxidation sites excluding steroid dienone is 1. The van der Waals surface area contributed by atoms with Crippen LogP contribution in [0.2, 0.25) is 5.02 Å². The van der Waals surface area contributed by atoms with Gasteiger partial charge in [0, 0.05) is 30.2 Å². The van der Waals surface area contributed by atoms with Crippen LogP contribution in [0.4, 0.5) is 5.69 Å². The summed E-state index contributed by atoms with van der Waals surface area (Å²) in [5.74, 6) is -0.326. The Hall–Kier alpha value is -1.81. The van der Waals surface area contributed by atoms with Crippen molar-refractivity contribution < 1.29 is 9.59 Å². The fourth-order valence-electron chi connectivity index (χ4n) is 3.50. The summed E-state index contributed by atoms with van der Waals surface area (Å²) < 4.78 is 0. The SMILES string of the molecule is Cc1ccc(N2CC(C(=O)NCCC3=CCCCC3)CC2=O)cc1Cl. The highest BCUT2D eigenvalue weighted by molar-refractivity contribution is 6.31. The molecule has 4 nitrogen and oxygen atoms in total. The first-order valence-electron chi connectivity index (χ1n) is 9.07. The molecule has 0 saturated carbocycles. The number of nitrogens with one attached hydrogen (secondary N) is 1. The van der Waals surface area contributed by atoms with Gasteiger partial charge in [-0.1, -0.05) is 29.3 Å². The van der Waals surface area contributed by atoms with Gasteiger partial charge in [-0.3, -0.25) is 9.59 Å². The molecule has 2 amide bonds. The lowest BCUT2D eigenvalue weighted by Gasteiger charge is -2.18. The van der Waals surface area contributed by atoms with Gasteiger partial charge < -0.3 is 10.2 Å². The van der Waals surface area contributed by atoms with E-state index < -0.39 is 0 Å². The molecule has 3 rings (SSSR count). The first kappa shape index (κ1) is 18.0. The average molecular weight is 361 g/mol. The predicted octanol–water partition coefficient (Wildman–Crippen LogP) is 4.01. The van der Waals surface area contributed by atoms with E-state index in [1.807, 2.05) is 19.1 Å². The molecule has 134 valence electrons. The Bertz CT molecular complexity index is 699. The lowest BCUT2D eigenvalue weighted by molar-refractivity contribution is -0.126. The van der Waals surface area contributed by atoms with E-state index in [-0.39, 0.29) is 24.2 Å². The molecular formula is C20H25ClN2O2. The standard InChI is InChI=1S/C20H25ClN2O2/c1-14-7-8-17(12-18(14)21)23-13-16(11-19(23)24)20(25)22-10-9-15-5-3-2-4-6-15/h5,7-8,12,16H,2-4,6,9-11,13H2,1H3,(H,22,25). The van der Waals surface area contributed by atoms with E-state index in [0.717, 1.165) is 30.5 Å². The van der Waals surface area contributed by atoms with Gasteiger partial charge in [-0.15, -0.1) is 0 Å². The predicted molar refractivity (Wildman–Crippen MR) is 101 cm³/mol. The highest BCUT2D eigenvalue weighted by Gasteiger charge is 2.35. The second-order valence-electron chi connectivity index (χ2n) is 6.99. The molecule has 1 aromatic carbocycles. The molecule has 1 atom stereocenters. The number of benzene rings is 1. The van der Waals surface area contributed by atoms with Crippen LogP contribution in [0.3, 0.4) is 0 Å². The molecule has 1 fully saturated rings. The van der Waals surface area contributed by atoms with Crippen molar-refractivity contribution in [3.63, 3.8) is 0 Å². The molecule has 0 radical (unpaired) electrons. The van der Waals surface area contributed by atoms with Crippen molar-refractivity contribution in [3.8, 4) is 0 Å². The minimum atomic E-state index is -0.284. The first-order chi connectivity index (χ1) is 12.0. The third-order valence-corrected chi connectivity index (χ3v) is 5.50. The van der Waals surface area contributed by atoms with Gasteiger partial charge in [-0.05, 0) is 56.7 Å². The number of halogens is 1. The Morgan fingerprint density at radius 2 is 2.20 bits per heavy atom. The van der Waals surface area contributed by atoms with Gasteiger partial charge in [-0.2, -0.15) is 0 Å². The number of carbonyl (C=O) groups excluding carboxylic acids is 2. The van der Waals surface area contributed by atoms with Crippen LogP contribution in [0, 0.1) is 12.8 Å². The molecule has 25 heavy (non-hydrogen) atoms. The number of hydrogen-bond donors (Lipinski definition) is 1. The van der Waals surface area contributed by atoms with Crippen LogP contribution in [0.1, 0.15) is 44.1 Å². The van der Waals surface area contributed by atoms with Gasteiger partial charge in [0.25, 0.3) is 0 Å². The molecule has 0 bridgehead atoms. The molecule has 1 saturated heterocycles. The minimum Gasteiger partial charge on any atom is -0.355 e. The number of anilines is 1. The zero-order chi connectivity index (χ0) is 17.8. The topological polar surface area (TPSA) is 49.4 Å². The zero-order valence-electron chi connectivity index (χ0n) is 14.7. The summed E-state index contributed by atoms with van der Waals surface area (Å²) >= 11 is 6.16. The second-order valence-corrected chi connectivity index (χ2v) is 7.40. The Morgan fingerprint density at radius 1 is 1.36 bits per heavy atom. The summed E-state index contributed by atoms with van der Waals surface area (Å²) in [6, 6.07) is 5.58. The van der Waals surface area contributed by atoms with Crippen LogP contribution >= 0.6 is 11.6 Å². The summed E-state index contributed by atoms with van der Waals surface area (Å²) in [6.07, 6.45) is 8.33. The zero-order valence-corrected chi connectivity index (χ0v) is 15.4. The fraction of sp³-hybridized carbons (Fsp3) is 0.500. The third-order valence-electron chi connectivity index (χ3n) is 5.09. The quantitative estimate of drug-likeness (QED) is 0.806. The number of carbonyl (C=O) groups is 2. The van der Waals surface area contributed by atoms with Crippen molar-refractivity contribution in [3.05, 3.63) is 40.4 Å². The minimum absolute atomic E-state index is 0.0185. The van der Waals surface area contributed by atoms with Gasteiger partial charge in [0.1, 0.15) is 0 Å². The molecule has 1 heterocycles. The molecule has 1 aliphatic heterocycles. The number of hydrogen-bond acceptors (Lipinski definition) is 2. The fourth-order valence-corrected chi connectivity index (χ4v) is 3.68. The van der Waals surface area contributed by atoms with Crippen molar-refractivity contribution in [2.45, 2.75) is 45.4 Å². The van der Waals surface area contributed by atoms with Crippen LogP contribution < -0.4 is 10.2 Å². The lowest BCUT2D eigenvalue weighted by Crippen LogP contribution is -2.33. The van der Waals surface area contributed by atoms with Crippen LogP contribution in [-0.2, 0) is 9.59 Å². The van der Waals surface area contributed by atoms with Crippen molar-refractivity contribution >= 4 is 29.1 Å². The molecule has 2 aliphatic rings. The van der Waals surface area contributed by atoms with Gasteiger partial charge >= 0.3 is 0 Å². The van der Waals surface area contributed by atoms with Crippen LogP contribution in [-0.4, -0.2) is 24.9 Å². The van der Waals surface area contributed by atoms with Gasteiger partial charge in [0.05, 0.1) is 5.92 Å². The molecular weight excluding hydrogens is 336 g/mol. The van der Waals surface area contributed by atoms with E-state index in [1.165, 1.54) is 18.4 Å². The maximum Gasteiger partial charge on any atom is 0.227 e. The first-order valence-corrected chi connectivity index (χ1v) is 9.44. The number of rotatable bonds is 5. The van der Waals surface area contributed by atoms with Crippen molar-refractivity contribution in [1.29, 1.82) is 0 Å². The van der Waals surface area contributed by atoms with Gasteiger partial charge in [0.2, 0.25) is 11.8 Å². The van der Waals surface area contributed by atoms with E-state index in [4.69, 9.17) is 11.6 Å². The van der Waals surface area contributed by atoms with Crippen LogP contribution in [0.25, 0.3) is 0 Å². The summed E-state index contributed by atoms with van der Waals surface area (Å²) in [5.41, 5.74) is 3.19. The molecule has 1 unspecified atom stereocenters. The number of nitrogens with zero attached hydrogens (tertiary/aromatic N) is 1. The molecule has 1 aromatic rings. The molecule has 5 heteroatoms. The molecule has 0 aromatic heterocycles. The van der Waals surface area contributed by atoms with E-state index in [0.29, 0.717) is 18.1 Å². The van der Waals surface area contributed by atoms with Crippen LogP contribution in [0.15, 0.2) is 29.8 Å². The second kappa shape index (κ2) is 8.05. The van der Waals surface area contributed by atoms with Gasteiger partial charge in [-0.25, -0.2) is 0 Å². The van der Waals surface area contributed by atoms with Crippen molar-refractivity contribution in [1.82, 2.24) is 5.32 Å². The largest absolute Gasteiger partial charge is 0.355 e. The van der Waals surface area contributed by atoms with Gasteiger partial charge in [0.15, 0.2) is 0 Å². The summed E-state index contributed by atoms with van der Waals surface area (Å²) in [4.78, 5) is 26.4.